The first-order valence-corrected chi connectivity index (χ1v) is 27.8. The van der Waals surface area contributed by atoms with E-state index < -0.39 is 50.0 Å². The predicted molar refractivity (Wildman–Crippen MR) is 302 cm³/mol. The number of amides is 4. The number of hydrogen-bond acceptors (Lipinski definition) is 16. The molecule has 0 aliphatic rings. The van der Waals surface area contributed by atoms with Crippen molar-refractivity contribution in [3.63, 3.8) is 0 Å². The van der Waals surface area contributed by atoms with Gasteiger partial charge >= 0.3 is 5.97 Å². The number of H-pyrrole nitrogens is 1. The van der Waals surface area contributed by atoms with Gasteiger partial charge in [-0.3, -0.25) is 43.5 Å². The van der Waals surface area contributed by atoms with E-state index in [4.69, 9.17) is 9.45 Å². The van der Waals surface area contributed by atoms with Crippen molar-refractivity contribution < 1.29 is 59.9 Å². The van der Waals surface area contributed by atoms with E-state index in [0.29, 0.717) is 80.3 Å². The first-order valence-electron chi connectivity index (χ1n) is 25.3. The number of aliphatic carboxylic acids is 1. The van der Waals surface area contributed by atoms with E-state index in [1.807, 2.05) is 0 Å². The Balaban J connectivity index is 0.00000476. The number of aromatic amines is 1. The molecule has 0 aliphatic carbocycles. The van der Waals surface area contributed by atoms with Gasteiger partial charge in [0.15, 0.2) is 5.95 Å². The van der Waals surface area contributed by atoms with Crippen LogP contribution in [0.25, 0.3) is 10.9 Å². The summed E-state index contributed by atoms with van der Waals surface area (Å²) in [5.41, 5.74) is 5.04. The van der Waals surface area contributed by atoms with Gasteiger partial charge in [0.1, 0.15) is 22.3 Å². The standard InChI is InChI=1S/C52H62N12O13S2.CH4.FH/c1-33-25-34(2)48(35(3)26-33)78(72,73)63-41(51(70)71)31-59-50(69)40-32-64(42-27-36(11-13-39(42)47(40)67)28-60-52-56-20-21-57-52)22-6-17-53-45(65)15-16-46(66)54-18-7-23-77-24-8-19-55-49(68)38-12-14-44(58-29-38)62-61-30-37-9-4-5-10-43(37)79(74,75)76;;/h4-5,9-14,20-21,25-27,29-30,32,41,63H,6-8,15-19,22-24,28,31H2,1-3H3,(H,53,65)(H,54,66)(H,55,68)(H,58,62)(H,59,69)(H,70,71)(H2,56,57,60)(H,74,75,76);1H4;1H/b61-30+;;/i/hT. The maximum atomic E-state index is 13.8. The molecule has 0 bridgehead atoms. The van der Waals surface area contributed by atoms with Gasteiger partial charge in [0.05, 0.1) is 22.2 Å². The zero-order chi connectivity index (χ0) is 59.1. The number of hydrazone groups is 1. The highest BCUT2D eigenvalue weighted by Gasteiger charge is 2.29. The van der Waals surface area contributed by atoms with Gasteiger partial charge in [-0.05, 0) is 87.1 Å². The molecule has 3 heterocycles. The topological polar surface area (TPSA) is 363 Å². The van der Waals surface area contributed by atoms with E-state index >= 15 is 0 Å². The smallest absolute Gasteiger partial charge is 0.323 e. The number of carbonyl (C=O) groups is 5. The highest BCUT2D eigenvalue weighted by atomic mass is 32.2. The van der Waals surface area contributed by atoms with E-state index in [9.17, 15) is 55.3 Å². The molecule has 6 aromatic rings. The van der Waals surface area contributed by atoms with Crippen molar-refractivity contribution in [2.75, 3.05) is 50.1 Å². The minimum Gasteiger partial charge on any atom is -0.480 e. The maximum absolute atomic E-state index is 13.8. The summed E-state index contributed by atoms with van der Waals surface area (Å²) in [6.07, 6.45) is 8.38. The second-order valence-electron chi connectivity index (χ2n) is 18.1. The number of hydrogen-bond donors (Lipinski definition) is 10. The van der Waals surface area contributed by atoms with Gasteiger partial charge < -0.3 is 46.0 Å². The number of pyridine rings is 2. The summed E-state index contributed by atoms with van der Waals surface area (Å²) in [5, 5.41) is 28.0. The molecular formula is C53H67FN12O13S2. The summed E-state index contributed by atoms with van der Waals surface area (Å²) in [4.78, 5) is 88.4. The number of sulfonamides is 1. The monoisotopic (exact) mass is 1160 g/mol. The number of nitrogens with one attached hydrogen (secondary N) is 8. The summed E-state index contributed by atoms with van der Waals surface area (Å²) in [6.45, 7) is 6.39. The molecule has 3 aromatic carbocycles. The van der Waals surface area contributed by atoms with Crippen LogP contribution in [0.5, 0.6) is 0 Å². The number of imidazole rings is 1. The van der Waals surface area contributed by atoms with Crippen LogP contribution in [0, 0.1) is 20.8 Å². The normalized spacial score (nSPS) is 11.8. The second-order valence-corrected chi connectivity index (χ2v) is 21.1. The number of halogens is 1. The van der Waals surface area contributed by atoms with Crippen molar-refractivity contribution in [1.29, 1.82) is 1.45 Å². The van der Waals surface area contributed by atoms with Crippen LogP contribution >= 0.6 is 0 Å². The summed E-state index contributed by atoms with van der Waals surface area (Å²) < 4.78 is 81.7. The van der Waals surface area contributed by atoms with Crippen molar-refractivity contribution in [3.8, 4) is 0 Å². The van der Waals surface area contributed by atoms with Gasteiger partial charge in [-0.2, -0.15) is 18.2 Å². The maximum Gasteiger partial charge on any atom is 0.323 e. The van der Waals surface area contributed by atoms with Crippen LogP contribution in [0.4, 0.5) is 16.5 Å². The van der Waals surface area contributed by atoms with E-state index in [2.05, 4.69) is 58.2 Å². The molecule has 4 amide bonds. The average molecular weight is 1170 g/mol. The molecule has 0 radical (unpaired) electrons. The molecule has 0 saturated heterocycles. The second kappa shape index (κ2) is 30.8. The SMILES string of the molecule is C.Cc1cc(C)c(S(=O)(=O)NC(CNC(=O)c2cn(CCCNC(=O)CCC(=O)NCCCOCCCNC(=O)c3ccc(N/N=C/c4ccccc4S(=O)(=O)O)nc3)c3cc(CNc4ncc[nH]4)ccc3c2=O)C(=O)O)c(C)c1.[3H]F. The van der Waals surface area contributed by atoms with Crippen LogP contribution in [-0.4, -0.2) is 129 Å². The Morgan fingerprint density at radius 2 is 1.52 bits per heavy atom. The van der Waals surface area contributed by atoms with Crippen LogP contribution in [0.15, 0.2) is 111 Å². The fourth-order valence-electron chi connectivity index (χ4n) is 8.19. The van der Waals surface area contributed by atoms with Crippen molar-refractivity contribution in [2.24, 2.45) is 5.10 Å². The molecular weight excluding hydrogens is 1100 g/mol. The Morgan fingerprint density at radius 3 is 2.15 bits per heavy atom. The van der Waals surface area contributed by atoms with Crippen molar-refractivity contribution in [3.05, 3.63) is 141 Å². The molecule has 25 nitrogen and oxygen atoms in total. The third kappa shape index (κ3) is 19.4. The Bertz CT molecular complexity index is 3460. The van der Waals surface area contributed by atoms with Gasteiger partial charge in [-0.25, -0.2) is 18.4 Å². The fourth-order valence-corrected chi connectivity index (χ4v) is 10.5. The molecule has 81 heavy (non-hydrogen) atoms. The number of anilines is 2. The molecule has 0 saturated carbocycles. The van der Waals surface area contributed by atoms with Crippen molar-refractivity contribution in [2.45, 2.75) is 89.2 Å². The summed E-state index contributed by atoms with van der Waals surface area (Å²) in [5.74, 6) is -2.70. The third-order valence-electron chi connectivity index (χ3n) is 11.9. The lowest BCUT2D eigenvalue weighted by Gasteiger charge is -2.19. The number of ether oxygens (including phenoxy) is 1. The van der Waals surface area contributed by atoms with E-state index in [1.165, 1.54) is 48.9 Å². The molecule has 0 fully saturated rings. The first kappa shape index (κ1) is 63.4. The minimum absolute atomic E-state index is 0. The number of aromatic nitrogens is 4. The van der Waals surface area contributed by atoms with Crippen LogP contribution in [-0.2, 0) is 52.4 Å². The van der Waals surface area contributed by atoms with Gasteiger partial charge in [0.2, 0.25) is 27.3 Å². The number of rotatable bonds is 30. The number of carboxylic acids is 1. The largest absolute Gasteiger partial charge is 0.480 e. The molecule has 10 N–H and O–H groups in total. The third-order valence-corrected chi connectivity index (χ3v) is 14.6. The first-order chi connectivity index (χ1) is 38.7. The molecule has 28 heteroatoms. The Hall–Kier alpha value is -8.44. The number of aryl methyl sites for hydroxylation is 4. The Kier molecular flexibility index (Phi) is 24.1. The Morgan fingerprint density at radius 1 is 0.852 bits per heavy atom. The van der Waals surface area contributed by atoms with Crippen LogP contribution < -0.4 is 42.2 Å². The number of benzene rings is 3. The number of fused-ring (bicyclic) bond motifs is 1. The van der Waals surface area contributed by atoms with Gasteiger partial charge in [-0.1, -0.05) is 49.4 Å². The summed E-state index contributed by atoms with van der Waals surface area (Å²) >= 11 is 0. The number of carboxylic acid groups (broad SMARTS) is 1. The lowest BCUT2D eigenvalue weighted by molar-refractivity contribution is -0.138. The molecule has 6 rings (SSSR count). The highest BCUT2D eigenvalue weighted by Crippen LogP contribution is 2.22. The van der Waals surface area contributed by atoms with Crippen LogP contribution in [0.3, 0.4) is 0 Å². The van der Waals surface area contributed by atoms with Crippen LogP contribution in [0.1, 0.15) is 88.1 Å². The molecule has 3 aromatic heterocycles. The highest BCUT2D eigenvalue weighted by molar-refractivity contribution is 7.89. The van der Waals surface area contributed by atoms with Crippen molar-refractivity contribution in [1.82, 2.24) is 45.5 Å². The quantitative estimate of drug-likeness (QED) is 0.0132. The van der Waals surface area contributed by atoms with Gasteiger partial charge in [-0.15, -0.1) is 0 Å². The fraction of sp³-hybridized carbons (Fsp3) is 0.340. The molecule has 0 aliphatic heterocycles. The molecule has 1 unspecified atom stereocenters. The zero-order valence-corrected chi connectivity index (χ0v) is 45.5. The average Bonchev–Trinajstić information content (AvgIpc) is 4.10. The van der Waals surface area contributed by atoms with Crippen LogP contribution in [0.2, 0.25) is 0 Å². The van der Waals surface area contributed by atoms with E-state index in [-0.39, 0.29) is 83.2 Å². The minimum atomic E-state index is -4.43. The molecule has 1 atom stereocenters. The molecule has 436 valence electrons. The summed E-state index contributed by atoms with van der Waals surface area (Å²) in [7, 11) is -8.78. The number of carbonyl (C=O) groups excluding carboxylic acids is 4. The van der Waals surface area contributed by atoms with E-state index in [0.717, 1.165) is 11.1 Å². The number of nitrogens with zero attached hydrogens (tertiary/aromatic N) is 4. The van der Waals surface area contributed by atoms with Gasteiger partial charge in [0, 0.05) is 101 Å². The van der Waals surface area contributed by atoms with Crippen molar-refractivity contribution >= 4 is 78.6 Å². The van der Waals surface area contributed by atoms with Gasteiger partial charge in [0.25, 0.3) is 23.4 Å². The molecule has 0 spiro atoms. The Labute approximate surface area is 468 Å². The van der Waals surface area contributed by atoms with E-state index in [1.54, 1.807) is 74.1 Å². The lowest BCUT2D eigenvalue weighted by Crippen LogP contribution is -2.49. The summed E-state index contributed by atoms with van der Waals surface area (Å²) in [6, 6.07) is 15.4. The predicted octanol–water partition coefficient (Wildman–Crippen LogP) is 3.93. The lowest BCUT2D eigenvalue weighted by atomic mass is 10.1. The zero-order valence-electron chi connectivity index (χ0n) is 44.9.